The molecule has 0 aliphatic carbocycles. The van der Waals surface area contributed by atoms with E-state index in [-0.39, 0.29) is 35.4 Å². The van der Waals surface area contributed by atoms with Gasteiger partial charge < -0.3 is 20.1 Å². The van der Waals surface area contributed by atoms with E-state index in [2.05, 4.69) is 58.8 Å². The first kappa shape index (κ1) is 25.9. The van der Waals surface area contributed by atoms with Crippen molar-refractivity contribution in [2.45, 2.75) is 64.1 Å². The third kappa shape index (κ3) is 6.24. The smallest absolute Gasteiger partial charge is 0.191 e. The zero-order chi connectivity index (χ0) is 22.4. The van der Waals surface area contributed by atoms with E-state index in [1.165, 1.54) is 11.1 Å². The molecule has 0 bridgehead atoms. The number of ether oxygens (including phenoxy) is 2. The fourth-order valence-corrected chi connectivity index (χ4v) is 4.86. The molecule has 1 saturated heterocycles. The van der Waals surface area contributed by atoms with E-state index < -0.39 is 0 Å². The summed E-state index contributed by atoms with van der Waals surface area (Å²) < 4.78 is 12.9. The van der Waals surface area contributed by atoms with Crippen LogP contribution in [0.15, 0.2) is 29.3 Å². The summed E-state index contributed by atoms with van der Waals surface area (Å²) in [5, 5.41) is 11.7. The Kier molecular flexibility index (Phi) is 9.51. The third-order valence-electron chi connectivity index (χ3n) is 6.57. The highest BCUT2D eigenvalue weighted by Crippen LogP contribution is 2.37. The number of methoxy groups -OCH3 is 1. The Morgan fingerprint density at radius 1 is 1.30 bits per heavy atom. The van der Waals surface area contributed by atoms with E-state index in [0.717, 1.165) is 76.1 Å². The first-order valence-electron chi connectivity index (χ1n) is 11.7. The predicted octanol–water partition coefficient (Wildman–Crippen LogP) is 2.97. The molecule has 0 saturated carbocycles. The van der Waals surface area contributed by atoms with Crippen molar-refractivity contribution in [1.29, 1.82) is 0 Å². The maximum absolute atomic E-state index is 5.71. The van der Waals surface area contributed by atoms with Gasteiger partial charge in [-0.25, -0.2) is 9.67 Å². The van der Waals surface area contributed by atoms with Gasteiger partial charge >= 0.3 is 0 Å². The molecule has 0 amide bonds. The number of hydrogen-bond donors (Lipinski definition) is 2. The Balaban J connectivity index is 0.00000306. The number of fused-ring (bicyclic) bond motifs is 1. The second-order valence-electron chi connectivity index (χ2n) is 8.84. The van der Waals surface area contributed by atoms with Gasteiger partial charge in [0.05, 0.1) is 13.1 Å². The van der Waals surface area contributed by atoms with Crippen molar-refractivity contribution in [3.05, 3.63) is 47.0 Å². The quantitative estimate of drug-likeness (QED) is 0.304. The molecule has 0 spiro atoms. The van der Waals surface area contributed by atoms with Gasteiger partial charge in [-0.3, -0.25) is 4.99 Å². The lowest BCUT2D eigenvalue weighted by Crippen LogP contribution is -2.48. The summed E-state index contributed by atoms with van der Waals surface area (Å²) in [6, 6.07) is 8.99. The number of hydrogen-bond acceptors (Lipinski definition) is 5. The van der Waals surface area contributed by atoms with Gasteiger partial charge in [-0.05, 0) is 44.2 Å². The number of guanidine groups is 1. The molecule has 1 unspecified atom stereocenters. The predicted molar refractivity (Wildman–Crippen MR) is 140 cm³/mol. The Labute approximate surface area is 214 Å². The van der Waals surface area contributed by atoms with Crippen molar-refractivity contribution < 1.29 is 9.47 Å². The molecule has 3 heterocycles. The van der Waals surface area contributed by atoms with Crippen LogP contribution in [0.5, 0.6) is 0 Å². The van der Waals surface area contributed by atoms with Crippen molar-refractivity contribution in [3.8, 4) is 0 Å². The molecule has 182 valence electrons. The van der Waals surface area contributed by atoms with Crippen molar-refractivity contribution in [2.75, 3.05) is 33.4 Å². The van der Waals surface area contributed by atoms with Gasteiger partial charge in [0.15, 0.2) is 11.8 Å². The van der Waals surface area contributed by atoms with Crippen LogP contribution >= 0.6 is 24.0 Å². The molecule has 0 radical (unpaired) electrons. The molecule has 4 rings (SSSR count). The highest BCUT2D eigenvalue weighted by molar-refractivity contribution is 14.0. The van der Waals surface area contributed by atoms with E-state index in [9.17, 15) is 0 Å². The van der Waals surface area contributed by atoms with E-state index in [0.29, 0.717) is 6.61 Å². The number of aryl methyl sites for hydroxylation is 2. The number of halogens is 1. The van der Waals surface area contributed by atoms with Crippen LogP contribution in [0.4, 0.5) is 0 Å². The minimum atomic E-state index is 0. The Morgan fingerprint density at radius 3 is 2.82 bits per heavy atom. The summed E-state index contributed by atoms with van der Waals surface area (Å²) in [5.74, 6) is 2.67. The highest BCUT2D eigenvalue weighted by Gasteiger charge is 2.35. The van der Waals surface area contributed by atoms with Crippen molar-refractivity contribution >= 4 is 29.9 Å². The summed E-state index contributed by atoms with van der Waals surface area (Å²) in [6.07, 6.45) is 3.90. The molecule has 2 aromatic rings. The van der Waals surface area contributed by atoms with Crippen LogP contribution in [0.25, 0.3) is 0 Å². The maximum Gasteiger partial charge on any atom is 0.191 e. The minimum absolute atomic E-state index is 0. The van der Waals surface area contributed by atoms with Gasteiger partial charge in [-0.1, -0.05) is 24.3 Å². The fraction of sp³-hybridized carbons (Fsp3) is 0.625. The van der Waals surface area contributed by atoms with Gasteiger partial charge in [-0.2, -0.15) is 5.10 Å². The van der Waals surface area contributed by atoms with Gasteiger partial charge in [0, 0.05) is 44.7 Å². The number of aromatic nitrogens is 3. The van der Waals surface area contributed by atoms with Crippen LogP contribution in [0.1, 0.15) is 49.0 Å². The van der Waals surface area contributed by atoms with Crippen molar-refractivity contribution in [1.82, 2.24) is 25.4 Å². The summed E-state index contributed by atoms with van der Waals surface area (Å²) in [4.78, 5) is 9.67. The molecule has 33 heavy (non-hydrogen) atoms. The minimum Gasteiger partial charge on any atom is -0.381 e. The van der Waals surface area contributed by atoms with E-state index in [1.807, 2.05) is 4.68 Å². The van der Waals surface area contributed by atoms with Crippen molar-refractivity contribution in [3.63, 3.8) is 0 Å². The van der Waals surface area contributed by atoms with Gasteiger partial charge in [-0.15, -0.1) is 24.0 Å². The lowest BCUT2D eigenvalue weighted by Gasteiger charge is -2.38. The second-order valence-corrected chi connectivity index (χ2v) is 8.84. The first-order chi connectivity index (χ1) is 15.6. The van der Waals surface area contributed by atoms with E-state index >= 15 is 0 Å². The lowest BCUT2D eigenvalue weighted by molar-refractivity contribution is 0.0529. The fourth-order valence-electron chi connectivity index (χ4n) is 4.86. The molecule has 1 atom stereocenters. The van der Waals surface area contributed by atoms with Crippen LogP contribution in [-0.2, 0) is 34.5 Å². The molecule has 1 aromatic heterocycles. The van der Waals surface area contributed by atoms with Crippen LogP contribution in [0, 0.1) is 6.92 Å². The summed E-state index contributed by atoms with van der Waals surface area (Å²) in [6.45, 7) is 8.69. The molecular formula is C24H37IN6O2. The van der Waals surface area contributed by atoms with Gasteiger partial charge in [0.2, 0.25) is 0 Å². The highest BCUT2D eigenvalue weighted by atomic mass is 127. The Bertz CT molecular complexity index is 925. The van der Waals surface area contributed by atoms with Gasteiger partial charge in [0.1, 0.15) is 12.4 Å². The molecule has 2 N–H and O–H groups in total. The van der Waals surface area contributed by atoms with E-state index in [4.69, 9.17) is 14.5 Å². The van der Waals surface area contributed by atoms with Crippen molar-refractivity contribution in [2.24, 2.45) is 4.99 Å². The molecule has 8 nitrogen and oxygen atoms in total. The average Bonchev–Trinajstić information content (AvgIpc) is 3.20. The van der Waals surface area contributed by atoms with Crippen LogP contribution in [-0.4, -0.2) is 60.2 Å². The van der Waals surface area contributed by atoms with Crippen LogP contribution in [0.3, 0.4) is 0 Å². The maximum atomic E-state index is 5.71. The molecular weight excluding hydrogens is 531 g/mol. The van der Waals surface area contributed by atoms with Crippen LogP contribution in [0.2, 0.25) is 0 Å². The molecule has 2 aliphatic rings. The molecule has 9 heteroatoms. The Morgan fingerprint density at radius 2 is 2.09 bits per heavy atom. The summed E-state index contributed by atoms with van der Waals surface area (Å²) >= 11 is 0. The number of benzene rings is 1. The summed E-state index contributed by atoms with van der Waals surface area (Å²) in [7, 11) is 1.67. The van der Waals surface area contributed by atoms with Crippen LogP contribution < -0.4 is 10.6 Å². The SMILES string of the molecule is CCNC(=NCC1(c2ccccc2C)CCOCC1)NC1CCc2nc(COC)nn2C1.I. The standard InChI is InChI=1S/C24H36N6O2.HI/c1-4-25-23(27-19-9-10-22-28-21(16-31-3)29-30(22)15-19)26-17-24(11-13-32-14-12-24)20-8-6-5-7-18(20)2;/h5-8,19H,4,9-17H2,1-3H3,(H2,25,26,27);1H. The summed E-state index contributed by atoms with van der Waals surface area (Å²) in [5.41, 5.74) is 2.76. The number of nitrogens with one attached hydrogen (secondary N) is 2. The number of aliphatic imine (C=N–C) groups is 1. The first-order valence-corrected chi connectivity index (χ1v) is 11.7. The van der Waals surface area contributed by atoms with Gasteiger partial charge in [0.25, 0.3) is 0 Å². The normalized spacial score (nSPS) is 20.0. The van der Waals surface area contributed by atoms with E-state index in [1.54, 1.807) is 7.11 Å². The largest absolute Gasteiger partial charge is 0.381 e. The zero-order valence-corrected chi connectivity index (χ0v) is 22.3. The Hall–Kier alpha value is -1.72. The molecule has 1 aromatic carbocycles. The second kappa shape index (κ2) is 12.1. The zero-order valence-electron chi connectivity index (χ0n) is 20.0. The molecule has 1 fully saturated rings. The topological polar surface area (TPSA) is 85.6 Å². The average molecular weight is 569 g/mol. The third-order valence-corrected chi connectivity index (χ3v) is 6.57. The number of nitrogens with zero attached hydrogens (tertiary/aromatic N) is 4. The molecule has 2 aliphatic heterocycles. The number of rotatable bonds is 7. The lowest BCUT2D eigenvalue weighted by atomic mass is 9.72. The monoisotopic (exact) mass is 568 g/mol.